The molecule has 3 heterocycles. The number of nitrogens with one attached hydrogen (secondary N) is 2. The molecular weight excluding hydrogens is 323 g/mol. The first kappa shape index (κ1) is 15.7. The number of hydrogen-bond donors (Lipinski definition) is 1. The minimum Gasteiger partial charge on any atom is -0.360 e. The van der Waals surface area contributed by atoms with Crippen LogP contribution < -0.4 is 19.7 Å². The first-order chi connectivity index (χ1) is 12.1. The molecule has 25 heavy (non-hydrogen) atoms. The van der Waals surface area contributed by atoms with Crippen LogP contribution in [0.3, 0.4) is 0 Å². The highest BCUT2D eigenvalue weighted by Crippen LogP contribution is 2.28. The topological polar surface area (TPSA) is 59.2 Å². The zero-order valence-electron chi connectivity index (χ0n) is 13.7. The van der Waals surface area contributed by atoms with Gasteiger partial charge in [0, 0.05) is 17.8 Å². The van der Waals surface area contributed by atoms with Crippen molar-refractivity contribution in [2.24, 2.45) is 0 Å². The molecule has 2 aliphatic rings. The number of carbonyl (C=O) groups excluding carboxylic acids is 2. The molecule has 0 bridgehead atoms. The van der Waals surface area contributed by atoms with E-state index in [9.17, 15) is 14.0 Å². The number of piperazine rings is 1. The van der Waals surface area contributed by atoms with E-state index in [1.165, 1.54) is 27.6 Å². The molecule has 0 aliphatic carbocycles. The van der Waals surface area contributed by atoms with Gasteiger partial charge in [0.1, 0.15) is 5.82 Å². The number of Topliss-reactive ketones (excluding diaryl/α,β-unsaturated/α-hetero) is 1. The number of amides is 1. The van der Waals surface area contributed by atoms with E-state index in [4.69, 9.17) is 0 Å². The second kappa shape index (κ2) is 6.25. The molecule has 1 aromatic heterocycles. The third kappa shape index (κ3) is 2.87. The highest BCUT2D eigenvalue weighted by molar-refractivity contribution is 6.52. The molecule has 0 saturated carbocycles. The summed E-state index contributed by atoms with van der Waals surface area (Å²) in [5.41, 5.74) is 1.86. The number of aromatic amines is 1. The zero-order valence-corrected chi connectivity index (χ0v) is 13.7. The lowest BCUT2D eigenvalue weighted by Gasteiger charge is -2.34. The van der Waals surface area contributed by atoms with Crippen molar-refractivity contribution < 1.29 is 23.9 Å². The Bertz CT molecular complexity index is 819. The van der Waals surface area contributed by atoms with E-state index in [0.717, 1.165) is 32.2 Å². The van der Waals surface area contributed by atoms with Crippen molar-refractivity contribution in [1.29, 1.82) is 0 Å². The summed E-state index contributed by atoms with van der Waals surface area (Å²) < 4.78 is 13.4. The number of halogens is 1. The molecule has 4 rings (SSSR count). The number of pyridine rings is 1. The van der Waals surface area contributed by atoms with Crippen molar-refractivity contribution in [2.75, 3.05) is 42.6 Å². The summed E-state index contributed by atoms with van der Waals surface area (Å²) in [5, 5.41) is 0. The fourth-order valence-corrected chi connectivity index (χ4v) is 3.48. The van der Waals surface area contributed by atoms with E-state index in [-0.39, 0.29) is 5.56 Å². The molecule has 7 heteroatoms. The molecule has 0 spiro atoms. The van der Waals surface area contributed by atoms with Gasteiger partial charge in [-0.05, 0) is 18.2 Å². The Labute approximate surface area is 144 Å². The van der Waals surface area contributed by atoms with Gasteiger partial charge in [-0.3, -0.25) is 14.5 Å². The van der Waals surface area contributed by atoms with Crippen molar-refractivity contribution >= 4 is 23.1 Å². The summed E-state index contributed by atoms with van der Waals surface area (Å²) in [6.45, 7) is 3.93. The van der Waals surface area contributed by atoms with Crippen LogP contribution in [0.15, 0.2) is 42.7 Å². The number of nitrogens with zero attached hydrogens (tertiary/aromatic N) is 2. The average molecular weight is 342 g/mol. The van der Waals surface area contributed by atoms with Gasteiger partial charge in [-0.15, -0.1) is 0 Å². The number of fused-ring (bicyclic) bond motifs is 1. The fourth-order valence-electron chi connectivity index (χ4n) is 3.48. The van der Waals surface area contributed by atoms with E-state index in [1.807, 2.05) is 24.5 Å². The van der Waals surface area contributed by atoms with Gasteiger partial charge in [-0.1, -0.05) is 0 Å². The van der Waals surface area contributed by atoms with E-state index in [0.29, 0.717) is 12.4 Å². The van der Waals surface area contributed by atoms with Crippen LogP contribution >= 0.6 is 0 Å². The van der Waals surface area contributed by atoms with Crippen LogP contribution in [0.25, 0.3) is 0 Å². The predicted octanol–water partition coefficient (Wildman–Crippen LogP) is -0.468. The summed E-state index contributed by atoms with van der Waals surface area (Å²) in [4.78, 5) is 32.4. The SMILES string of the molecule is O=C1C(=O)N(C[NH+]2CCN(c3cc[nH+]cc3)CC2)c2ccc(F)cc21. The largest absolute Gasteiger partial charge is 0.360 e. The highest BCUT2D eigenvalue weighted by Gasteiger charge is 2.38. The standard InChI is InChI=1S/C18H17FN4O2/c19-13-1-2-16-15(11-13)17(24)18(25)23(16)12-21-7-9-22(10-8-21)14-3-5-20-6-4-14/h1-6,11H,7-10,12H2/p+2. The maximum Gasteiger partial charge on any atom is 0.303 e. The molecule has 2 aliphatic heterocycles. The maximum absolute atomic E-state index is 13.4. The first-order valence-corrected chi connectivity index (χ1v) is 8.34. The predicted molar refractivity (Wildman–Crippen MR) is 89.0 cm³/mol. The van der Waals surface area contributed by atoms with Crippen molar-refractivity contribution in [3.8, 4) is 0 Å². The maximum atomic E-state index is 13.4. The molecule has 128 valence electrons. The van der Waals surface area contributed by atoms with E-state index < -0.39 is 17.5 Å². The molecule has 1 amide bonds. The Morgan fingerprint density at radius 1 is 1.08 bits per heavy atom. The van der Waals surface area contributed by atoms with Crippen LogP contribution in [0.2, 0.25) is 0 Å². The van der Waals surface area contributed by atoms with E-state index in [2.05, 4.69) is 9.88 Å². The Morgan fingerprint density at radius 3 is 2.52 bits per heavy atom. The van der Waals surface area contributed by atoms with Crippen molar-refractivity contribution in [3.05, 3.63) is 54.1 Å². The Balaban J connectivity index is 1.44. The van der Waals surface area contributed by atoms with Crippen molar-refractivity contribution in [3.63, 3.8) is 0 Å². The zero-order chi connectivity index (χ0) is 17.4. The lowest BCUT2D eigenvalue weighted by Crippen LogP contribution is -3.16. The normalized spacial score (nSPS) is 18.0. The minimum atomic E-state index is -0.618. The van der Waals surface area contributed by atoms with Crippen LogP contribution in [0.1, 0.15) is 10.4 Å². The molecule has 0 radical (unpaired) electrons. The second-order valence-electron chi connectivity index (χ2n) is 6.38. The Morgan fingerprint density at radius 2 is 1.80 bits per heavy atom. The van der Waals surface area contributed by atoms with E-state index in [1.54, 1.807) is 0 Å². The van der Waals surface area contributed by atoms with Gasteiger partial charge in [0.25, 0.3) is 5.78 Å². The van der Waals surface area contributed by atoms with Gasteiger partial charge in [0.05, 0.1) is 37.4 Å². The van der Waals surface area contributed by atoms with Gasteiger partial charge in [-0.2, -0.15) is 0 Å². The molecule has 2 N–H and O–H groups in total. The number of benzene rings is 1. The number of rotatable bonds is 3. The second-order valence-corrected chi connectivity index (χ2v) is 6.38. The smallest absolute Gasteiger partial charge is 0.303 e. The molecule has 0 atom stereocenters. The molecule has 1 aromatic carbocycles. The number of hydrogen-bond acceptors (Lipinski definition) is 3. The monoisotopic (exact) mass is 342 g/mol. The van der Waals surface area contributed by atoms with Crippen LogP contribution in [0.5, 0.6) is 0 Å². The summed E-state index contributed by atoms with van der Waals surface area (Å²) in [6.07, 6.45) is 3.80. The highest BCUT2D eigenvalue weighted by atomic mass is 19.1. The quantitative estimate of drug-likeness (QED) is 0.768. The molecule has 1 saturated heterocycles. The number of quaternary nitrogens is 1. The number of carbonyl (C=O) groups is 2. The average Bonchev–Trinajstić information content (AvgIpc) is 2.88. The van der Waals surface area contributed by atoms with Crippen LogP contribution in [0, 0.1) is 5.82 Å². The van der Waals surface area contributed by atoms with Gasteiger partial charge in [0.2, 0.25) is 0 Å². The number of H-pyrrole nitrogens is 1. The summed E-state index contributed by atoms with van der Waals surface area (Å²) >= 11 is 0. The summed E-state index contributed by atoms with van der Waals surface area (Å²) in [7, 11) is 0. The Kier molecular flexibility index (Phi) is 3.93. The number of anilines is 2. The Hall–Kier alpha value is -2.80. The lowest BCUT2D eigenvalue weighted by molar-refractivity contribution is -0.899. The molecule has 2 aromatic rings. The molecule has 1 fully saturated rings. The van der Waals surface area contributed by atoms with Crippen molar-refractivity contribution in [2.45, 2.75) is 0 Å². The fraction of sp³-hybridized carbons (Fsp3) is 0.278. The van der Waals surface area contributed by atoms with Gasteiger partial charge in [-0.25, -0.2) is 9.37 Å². The van der Waals surface area contributed by atoms with Crippen LogP contribution in [0.4, 0.5) is 15.8 Å². The molecule has 0 unspecified atom stereocenters. The first-order valence-electron chi connectivity index (χ1n) is 8.34. The third-order valence-corrected chi connectivity index (χ3v) is 4.85. The lowest BCUT2D eigenvalue weighted by atomic mass is 10.1. The van der Waals surface area contributed by atoms with E-state index >= 15 is 0 Å². The van der Waals surface area contributed by atoms with Gasteiger partial charge in [0.15, 0.2) is 19.1 Å². The van der Waals surface area contributed by atoms with Crippen LogP contribution in [-0.4, -0.2) is 44.5 Å². The van der Waals surface area contributed by atoms with Gasteiger partial charge >= 0.3 is 5.91 Å². The van der Waals surface area contributed by atoms with Crippen molar-refractivity contribution in [1.82, 2.24) is 0 Å². The molecular formula is C18H19FN4O2+2. The van der Waals surface area contributed by atoms with Crippen LogP contribution in [-0.2, 0) is 4.79 Å². The summed E-state index contributed by atoms with van der Waals surface area (Å²) in [5.74, 6) is -1.68. The minimum absolute atomic E-state index is 0.170. The third-order valence-electron chi connectivity index (χ3n) is 4.85. The molecule has 6 nitrogen and oxygen atoms in total. The number of aromatic nitrogens is 1. The number of ketones is 1. The van der Waals surface area contributed by atoms with Gasteiger partial charge < -0.3 is 9.80 Å². The summed E-state index contributed by atoms with van der Waals surface area (Å²) in [6, 6.07) is 8.03.